The maximum absolute atomic E-state index is 13.0. The highest BCUT2D eigenvalue weighted by Crippen LogP contribution is 2.32. The number of benzene rings is 2. The zero-order valence-corrected chi connectivity index (χ0v) is 18.2. The van der Waals surface area contributed by atoms with E-state index in [9.17, 15) is 4.79 Å². The highest BCUT2D eigenvalue weighted by molar-refractivity contribution is 6.30. The molecule has 7 nitrogen and oxygen atoms in total. The number of anilines is 2. The van der Waals surface area contributed by atoms with E-state index in [1.165, 1.54) is 0 Å². The maximum atomic E-state index is 13.0. The van der Waals surface area contributed by atoms with Gasteiger partial charge in [-0.05, 0) is 42.7 Å². The van der Waals surface area contributed by atoms with Gasteiger partial charge in [-0.25, -0.2) is 9.50 Å². The SMILES string of the molecule is NC[C@@H]1CCCN1c1ccccc1NC(=O)c1cnc2c(-c3ccc(Cl)cc3)cnn2c1. The first-order valence-corrected chi connectivity index (χ1v) is 11.0. The van der Waals surface area contributed by atoms with Crippen LogP contribution >= 0.6 is 11.6 Å². The summed E-state index contributed by atoms with van der Waals surface area (Å²) in [6.45, 7) is 1.53. The van der Waals surface area contributed by atoms with Gasteiger partial charge < -0.3 is 16.0 Å². The fourth-order valence-corrected chi connectivity index (χ4v) is 4.37. The van der Waals surface area contributed by atoms with Gasteiger partial charge in [-0.1, -0.05) is 35.9 Å². The van der Waals surface area contributed by atoms with Crippen molar-refractivity contribution in [2.75, 3.05) is 23.3 Å². The molecule has 0 radical (unpaired) electrons. The smallest absolute Gasteiger partial charge is 0.258 e. The van der Waals surface area contributed by atoms with Gasteiger partial charge in [-0.3, -0.25) is 4.79 Å². The molecule has 4 aromatic rings. The molecule has 3 heterocycles. The van der Waals surface area contributed by atoms with Crippen molar-refractivity contribution < 1.29 is 4.79 Å². The summed E-state index contributed by atoms with van der Waals surface area (Å²) in [6.07, 6.45) is 7.17. The third-order valence-electron chi connectivity index (χ3n) is 5.88. The number of aromatic nitrogens is 3. The molecule has 2 aromatic heterocycles. The molecule has 3 N–H and O–H groups in total. The molecule has 2 aromatic carbocycles. The molecule has 0 saturated carbocycles. The Bertz CT molecular complexity index is 1270. The number of carbonyl (C=O) groups excluding carboxylic acids is 1. The Balaban J connectivity index is 1.41. The maximum Gasteiger partial charge on any atom is 0.258 e. The van der Waals surface area contributed by atoms with Crippen LogP contribution in [-0.4, -0.2) is 39.6 Å². The predicted molar refractivity (Wildman–Crippen MR) is 127 cm³/mol. The topological polar surface area (TPSA) is 88.5 Å². The molecular formula is C24H23ClN6O. The monoisotopic (exact) mass is 446 g/mol. The van der Waals surface area contributed by atoms with Crippen molar-refractivity contribution in [2.45, 2.75) is 18.9 Å². The number of amides is 1. The molecule has 0 unspecified atom stereocenters. The minimum Gasteiger partial charge on any atom is -0.366 e. The van der Waals surface area contributed by atoms with Crippen LogP contribution in [0.1, 0.15) is 23.2 Å². The zero-order valence-electron chi connectivity index (χ0n) is 17.4. The van der Waals surface area contributed by atoms with E-state index in [4.69, 9.17) is 17.3 Å². The molecule has 1 aliphatic rings. The van der Waals surface area contributed by atoms with Gasteiger partial charge in [0.2, 0.25) is 0 Å². The van der Waals surface area contributed by atoms with E-state index in [0.717, 1.165) is 41.9 Å². The Morgan fingerprint density at radius 2 is 1.97 bits per heavy atom. The molecule has 1 aliphatic heterocycles. The molecule has 0 aliphatic carbocycles. The van der Waals surface area contributed by atoms with Gasteiger partial charge in [0.1, 0.15) is 0 Å². The summed E-state index contributed by atoms with van der Waals surface area (Å²) in [7, 11) is 0. The first-order chi connectivity index (χ1) is 15.6. The minimum atomic E-state index is -0.237. The van der Waals surface area contributed by atoms with Crippen LogP contribution < -0.4 is 16.0 Å². The minimum absolute atomic E-state index is 0.237. The van der Waals surface area contributed by atoms with Gasteiger partial charge in [-0.15, -0.1) is 0 Å². The van der Waals surface area contributed by atoms with Gasteiger partial charge in [0, 0.05) is 42.1 Å². The van der Waals surface area contributed by atoms with E-state index in [1.54, 1.807) is 23.1 Å². The van der Waals surface area contributed by atoms with Crippen molar-refractivity contribution in [3.8, 4) is 11.1 Å². The normalized spacial score (nSPS) is 15.9. The lowest BCUT2D eigenvalue weighted by molar-refractivity contribution is 0.102. The number of halogens is 1. The standard InChI is InChI=1S/C24H23ClN6O/c25-18-9-7-16(8-10-18)20-14-28-31-15-17(13-27-23(20)31)24(32)29-21-5-1-2-6-22(21)30-11-3-4-19(30)12-26/h1-2,5-10,13-15,19H,3-4,11-12,26H2,(H,29,32)/t19-/m0/s1. The number of nitrogens with one attached hydrogen (secondary N) is 1. The van der Waals surface area contributed by atoms with E-state index in [1.807, 2.05) is 48.5 Å². The first kappa shape index (κ1) is 20.5. The largest absolute Gasteiger partial charge is 0.366 e. The van der Waals surface area contributed by atoms with Crippen LogP contribution in [0, 0.1) is 0 Å². The van der Waals surface area contributed by atoms with E-state index in [2.05, 4.69) is 20.3 Å². The van der Waals surface area contributed by atoms with Crippen LogP contribution in [0.5, 0.6) is 0 Å². The second-order valence-electron chi connectivity index (χ2n) is 7.87. The van der Waals surface area contributed by atoms with Crippen molar-refractivity contribution in [1.82, 2.24) is 14.6 Å². The number of fused-ring (bicyclic) bond motifs is 1. The summed E-state index contributed by atoms with van der Waals surface area (Å²) < 4.78 is 1.62. The van der Waals surface area contributed by atoms with Crippen LogP contribution in [0.25, 0.3) is 16.8 Å². The Morgan fingerprint density at radius 1 is 1.16 bits per heavy atom. The molecule has 5 rings (SSSR count). The van der Waals surface area contributed by atoms with Crippen LogP contribution in [0.4, 0.5) is 11.4 Å². The summed E-state index contributed by atoms with van der Waals surface area (Å²) in [6, 6.07) is 15.6. The molecule has 8 heteroatoms. The number of para-hydroxylation sites is 2. The Hall–Kier alpha value is -3.42. The highest BCUT2D eigenvalue weighted by Gasteiger charge is 2.25. The van der Waals surface area contributed by atoms with Crippen molar-refractivity contribution in [1.29, 1.82) is 0 Å². The van der Waals surface area contributed by atoms with Gasteiger partial charge in [0.05, 0.1) is 23.1 Å². The van der Waals surface area contributed by atoms with Crippen molar-refractivity contribution >= 4 is 34.5 Å². The van der Waals surface area contributed by atoms with Crippen molar-refractivity contribution in [2.24, 2.45) is 5.73 Å². The van der Waals surface area contributed by atoms with Crippen LogP contribution in [0.3, 0.4) is 0 Å². The lowest BCUT2D eigenvalue weighted by Gasteiger charge is -2.28. The molecule has 1 amide bonds. The fourth-order valence-electron chi connectivity index (χ4n) is 4.25. The van der Waals surface area contributed by atoms with E-state index < -0.39 is 0 Å². The first-order valence-electron chi connectivity index (χ1n) is 10.6. The lowest BCUT2D eigenvalue weighted by Crippen LogP contribution is -2.36. The average Bonchev–Trinajstić information content (AvgIpc) is 3.46. The molecule has 1 fully saturated rings. The quantitative estimate of drug-likeness (QED) is 0.479. The van der Waals surface area contributed by atoms with Crippen LogP contribution in [0.2, 0.25) is 5.02 Å². The van der Waals surface area contributed by atoms with Crippen molar-refractivity contribution in [3.63, 3.8) is 0 Å². The fraction of sp³-hybridized carbons (Fsp3) is 0.208. The number of hydrogen-bond donors (Lipinski definition) is 2. The van der Waals surface area contributed by atoms with Gasteiger partial charge in [0.15, 0.2) is 5.65 Å². The van der Waals surface area contributed by atoms with Gasteiger partial charge in [-0.2, -0.15) is 5.10 Å². The molecule has 1 atom stereocenters. The molecule has 0 spiro atoms. The van der Waals surface area contributed by atoms with Gasteiger partial charge in [0.25, 0.3) is 5.91 Å². The number of carbonyl (C=O) groups is 1. The number of nitrogens with two attached hydrogens (primary N) is 1. The average molecular weight is 447 g/mol. The summed E-state index contributed by atoms with van der Waals surface area (Å²) in [4.78, 5) is 19.8. The summed E-state index contributed by atoms with van der Waals surface area (Å²) in [5.41, 5.74) is 10.6. The summed E-state index contributed by atoms with van der Waals surface area (Å²) >= 11 is 5.99. The second-order valence-corrected chi connectivity index (χ2v) is 8.31. The van der Waals surface area contributed by atoms with E-state index >= 15 is 0 Å². The molecular weight excluding hydrogens is 424 g/mol. The summed E-state index contributed by atoms with van der Waals surface area (Å²) in [5.74, 6) is -0.237. The van der Waals surface area contributed by atoms with Crippen molar-refractivity contribution in [3.05, 3.63) is 77.7 Å². The summed E-state index contributed by atoms with van der Waals surface area (Å²) in [5, 5.41) is 8.10. The van der Waals surface area contributed by atoms with Gasteiger partial charge >= 0.3 is 0 Å². The van der Waals surface area contributed by atoms with Crippen LogP contribution in [0.15, 0.2) is 67.1 Å². The highest BCUT2D eigenvalue weighted by atomic mass is 35.5. The second kappa shape index (κ2) is 8.61. The Labute approximate surface area is 190 Å². The number of hydrogen-bond acceptors (Lipinski definition) is 5. The number of nitrogens with zero attached hydrogens (tertiary/aromatic N) is 4. The van der Waals surface area contributed by atoms with E-state index in [0.29, 0.717) is 28.8 Å². The molecule has 32 heavy (non-hydrogen) atoms. The molecule has 1 saturated heterocycles. The van der Waals surface area contributed by atoms with Crippen LogP contribution in [-0.2, 0) is 0 Å². The lowest BCUT2D eigenvalue weighted by atomic mass is 10.1. The predicted octanol–water partition coefficient (Wildman–Crippen LogP) is 4.23. The third-order valence-corrected chi connectivity index (χ3v) is 6.14. The number of rotatable bonds is 5. The zero-order chi connectivity index (χ0) is 22.1. The third kappa shape index (κ3) is 3.81. The molecule has 162 valence electrons. The molecule has 0 bridgehead atoms. The Morgan fingerprint density at radius 3 is 2.78 bits per heavy atom. The Kier molecular flexibility index (Phi) is 5.51. The van der Waals surface area contributed by atoms with E-state index in [-0.39, 0.29) is 5.91 Å².